The fraction of sp³-hybridized carbons (Fsp3) is 0.409. The zero-order valence-corrected chi connectivity index (χ0v) is 16.8. The van der Waals surface area contributed by atoms with Crippen LogP contribution >= 0.6 is 0 Å². The molecule has 0 aromatic heterocycles. The normalized spacial score (nSPS) is 18.3. The monoisotopic (exact) mass is 383 g/mol. The number of hydrogen-bond acceptors (Lipinski definition) is 5. The van der Waals surface area contributed by atoms with Crippen LogP contribution in [0.3, 0.4) is 0 Å². The van der Waals surface area contributed by atoms with E-state index >= 15 is 0 Å². The lowest BCUT2D eigenvalue weighted by Crippen LogP contribution is -2.49. The Morgan fingerprint density at radius 1 is 1.14 bits per heavy atom. The van der Waals surface area contributed by atoms with Gasteiger partial charge in [0.15, 0.2) is 0 Å². The second kappa shape index (κ2) is 9.57. The first-order valence-electron chi connectivity index (χ1n) is 9.64. The minimum absolute atomic E-state index is 0.000189. The highest BCUT2D eigenvalue weighted by atomic mass is 16.5. The van der Waals surface area contributed by atoms with Gasteiger partial charge in [-0.1, -0.05) is 36.4 Å². The Morgan fingerprint density at radius 2 is 1.82 bits per heavy atom. The summed E-state index contributed by atoms with van der Waals surface area (Å²) in [6, 6.07) is 15.7. The van der Waals surface area contributed by atoms with Gasteiger partial charge in [0.2, 0.25) is 5.91 Å². The van der Waals surface area contributed by atoms with Crippen molar-refractivity contribution in [2.75, 3.05) is 40.4 Å². The van der Waals surface area contributed by atoms with Crippen molar-refractivity contribution in [2.24, 2.45) is 0 Å². The number of carbonyl (C=O) groups excluding carboxylic acids is 1. The van der Waals surface area contributed by atoms with E-state index in [4.69, 9.17) is 9.47 Å². The highest BCUT2D eigenvalue weighted by Gasteiger charge is 2.28. The summed E-state index contributed by atoms with van der Waals surface area (Å²) in [6.45, 7) is 4.77. The summed E-state index contributed by atoms with van der Waals surface area (Å²) >= 11 is 0. The predicted molar refractivity (Wildman–Crippen MR) is 110 cm³/mol. The van der Waals surface area contributed by atoms with Gasteiger partial charge < -0.3 is 20.1 Å². The Labute approximate surface area is 166 Å². The molecule has 0 spiro atoms. The van der Waals surface area contributed by atoms with Gasteiger partial charge in [-0.2, -0.15) is 0 Å². The SMILES string of the molecule is COc1ccccc1C(C)NC(=O)CN1CCNCC1c1ccccc1OC. The van der Waals surface area contributed by atoms with Crippen molar-refractivity contribution in [1.82, 2.24) is 15.5 Å². The van der Waals surface area contributed by atoms with Gasteiger partial charge in [0, 0.05) is 30.8 Å². The fourth-order valence-electron chi connectivity index (χ4n) is 3.76. The standard InChI is InChI=1S/C22H29N3O3/c1-16(17-8-4-6-10-20(17)27-2)24-22(26)15-25-13-12-23-14-19(25)18-9-5-7-11-21(18)28-3/h4-11,16,19,23H,12-15H2,1-3H3,(H,24,26). The molecule has 0 radical (unpaired) electrons. The third-order valence-corrected chi connectivity index (χ3v) is 5.18. The van der Waals surface area contributed by atoms with Gasteiger partial charge in [-0.25, -0.2) is 0 Å². The number of rotatable bonds is 7. The number of carbonyl (C=O) groups is 1. The maximum absolute atomic E-state index is 12.8. The minimum atomic E-state index is -0.128. The van der Waals surface area contributed by atoms with E-state index in [1.54, 1.807) is 14.2 Å². The molecular weight excluding hydrogens is 354 g/mol. The van der Waals surface area contributed by atoms with Crippen LogP contribution in [-0.2, 0) is 4.79 Å². The molecule has 0 bridgehead atoms. The van der Waals surface area contributed by atoms with E-state index in [-0.39, 0.29) is 18.0 Å². The number of nitrogens with zero attached hydrogens (tertiary/aromatic N) is 1. The number of nitrogens with one attached hydrogen (secondary N) is 2. The van der Waals surface area contributed by atoms with E-state index in [0.717, 1.165) is 42.3 Å². The average Bonchev–Trinajstić information content (AvgIpc) is 2.74. The molecule has 1 saturated heterocycles. The van der Waals surface area contributed by atoms with Crippen LogP contribution in [0.1, 0.15) is 30.1 Å². The average molecular weight is 383 g/mol. The summed E-state index contributed by atoms with van der Waals surface area (Å²) in [7, 11) is 3.33. The van der Waals surface area contributed by atoms with Crippen molar-refractivity contribution in [2.45, 2.75) is 19.0 Å². The molecule has 1 fully saturated rings. The quantitative estimate of drug-likeness (QED) is 0.769. The molecule has 2 aromatic carbocycles. The highest BCUT2D eigenvalue weighted by molar-refractivity contribution is 5.78. The van der Waals surface area contributed by atoms with E-state index in [0.29, 0.717) is 6.54 Å². The molecular formula is C22H29N3O3. The molecule has 1 aliphatic heterocycles. The van der Waals surface area contributed by atoms with Crippen LogP contribution in [0.5, 0.6) is 11.5 Å². The third-order valence-electron chi connectivity index (χ3n) is 5.18. The Morgan fingerprint density at radius 3 is 2.57 bits per heavy atom. The second-order valence-corrected chi connectivity index (χ2v) is 6.96. The zero-order valence-electron chi connectivity index (χ0n) is 16.8. The lowest BCUT2D eigenvalue weighted by Gasteiger charge is -2.36. The van der Waals surface area contributed by atoms with Crippen LogP contribution in [0.4, 0.5) is 0 Å². The van der Waals surface area contributed by atoms with Crippen molar-refractivity contribution in [1.29, 1.82) is 0 Å². The Bertz CT molecular complexity index is 796. The summed E-state index contributed by atoms with van der Waals surface area (Å²) in [5.74, 6) is 1.63. The molecule has 6 heteroatoms. The number of para-hydroxylation sites is 2. The Hall–Kier alpha value is -2.57. The summed E-state index contributed by atoms with van der Waals surface area (Å²) in [4.78, 5) is 15.0. The molecule has 2 N–H and O–H groups in total. The number of benzene rings is 2. The zero-order chi connectivity index (χ0) is 19.9. The first-order chi connectivity index (χ1) is 13.6. The Kier molecular flexibility index (Phi) is 6.90. The predicted octanol–water partition coefficient (Wildman–Crippen LogP) is 2.53. The molecule has 150 valence electrons. The largest absolute Gasteiger partial charge is 0.496 e. The minimum Gasteiger partial charge on any atom is -0.496 e. The van der Waals surface area contributed by atoms with Gasteiger partial charge in [0.05, 0.1) is 32.8 Å². The number of piperazine rings is 1. The summed E-state index contributed by atoms with van der Waals surface area (Å²) in [5, 5.41) is 6.53. The molecule has 0 saturated carbocycles. The van der Waals surface area contributed by atoms with Gasteiger partial charge in [-0.3, -0.25) is 9.69 Å². The van der Waals surface area contributed by atoms with Crippen molar-refractivity contribution in [3.8, 4) is 11.5 Å². The second-order valence-electron chi connectivity index (χ2n) is 6.96. The van der Waals surface area contributed by atoms with E-state index in [1.165, 1.54) is 0 Å². The van der Waals surface area contributed by atoms with E-state index in [1.807, 2.05) is 49.4 Å². The van der Waals surface area contributed by atoms with Gasteiger partial charge in [0.25, 0.3) is 0 Å². The van der Waals surface area contributed by atoms with Gasteiger partial charge in [-0.15, -0.1) is 0 Å². The van der Waals surface area contributed by atoms with E-state index in [2.05, 4.69) is 21.6 Å². The van der Waals surface area contributed by atoms with Gasteiger partial charge >= 0.3 is 0 Å². The van der Waals surface area contributed by atoms with Crippen molar-refractivity contribution in [3.05, 3.63) is 59.7 Å². The number of ether oxygens (including phenoxy) is 2. The van der Waals surface area contributed by atoms with Crippen LogP contribution in [0, 0.1) is 0 Å². The molecule has 0 aliphatic carbocycles. The Balaban J connectivity index is 1.69. The van der Waals surface area contributed by atoms with Crippen LogP contribution in [0.15, 0.2) is 48.5 Å². The first kappa shape index (κ1) is 20.2. The van der Waals surface area contributed by atoms with E-state index in [9.17, 15) is 4.79 Å². The number of methoxy groups -OCH3 is 2. The summed E-state index contributed by atoms with van der Waals surface area (Å²) in [6.07, 6.45) is 0. The van der Waals surface area contributed by atoms with Gasteiger partial charge in [0.1, 0.15) is 11.5 Å². The molecule has 28 heavy (non-hydrogen) atoms. The third kappa shape index (κ3) is 4.64. The summed E-state index contributed by atoms with van der Waals surface area (Å²) < 4.78 is 10.9. The van der Waals surface area contributed by atoms with Crippen LogP contribution in [0.25, 0.3) is 0 Å². The molecule has 3 rings (SSSR count). The maximum atomic E-state index is 12.8. The summed E-state index contributed by atoms with van der Waals surface area (Å²) in [5.41, 5.74) is 2.07. The molecule has 1 aliphatic rings. The molecule has 1 heterocycles. The molecule has 2 aromatic rings. The van der Waals surface area contributed by atoms with E-state index < -0.39 is 0 Å². The lowest BCUT2D eigenvalue weighted by molar-refractivity contribution is -0.123. The molecule has 1 amide bonds. The fourth-order valence-corrected chi connectivity index (χ4v) is 3.76. The number of amides is 1. The number of hydrogen-bond donors (Lipinski definition) is 2. The van der Waals surface area contributed by atoms with Crippen LogP contribution < -0.4 is 20.1 Å². The highest BCUT2D eigenvalue weighted by Crippen LogP contribution is 2.30. The molecule has 6 nitrogen and oxygen atoms in total. The first-order valence-corrected chi connectivity index (χ1v) is 9.64. The topological polar surface area (TPSA) is 62.8 Å². The molecule has 2 atom stereocenters. The van der Waals surface area contributed by atoms with Crippen molar-refractivity contribution < 1.29 is 14.3 Å². The van der Waals surface area contributed by atoms with Crippen LogP contribution in [0.2, 0.25) is 0 Å². The molecule has 2 unspecified atom stereocenters. The van der Waals surface area contributed by atoms with Crippen molar-refractivity contribution >= 4 is 5.91 Å². The smallest absolute Gasteiger partial charge is 0.234 e. The van der Waals surface area contributed by atoms with Gasteiger partial charge in [-0.05, 0) is 19.1 Å². The van der Waals surface area contributed by atoms with Crippen molar-refractivity contribution in [3.63, 3.8) is 0 Å². The van der Waals surface area contributed by atoms with Crippen LogP contribution in [-0.4, -0.2) is 51.2 Å². The lowest BCUT2D eigenvalue weighted by atomic mass is 10.0. The maximum Gasteiger partial charge on any atom is 0.234 e.